The lowest BCUT2D eigenvalue weighted by Gasteiger charge is -2.34. The van der Waals surface area contributed by atoms with Crippen LogP contribution in [0.25, 0.3) is 0 Å². The quantitative estimate of drug-likeness (QED) is 0.410. The van der Waals surface area contributed by atoms with Crippen molar-refractivity contribution in [1.29, 1.82) is 5.26 Å². The monoisotopic (exact) mass is 468 g/mol. The van der Waals surface area contributed by atoms with E-state index in [1.54, 1.807) is 13.8 Å². The molecule has 0 spiro atoms. The molecular weight excluding hydrogens is 440 g/mol. The van der Waals surface area contributed by atoms with Gasteiger partial charge in [0.25, 0.3) is 0 Å². The zero-order valence-corrected chi connectivity index (χ0v) is 19.8. The molecule has 0 bridgehead atoms. The summed E-state index contributed by atoms with van der Waals surface area (Å²) in [5.41, 5.74) is 1.02. The lowest BCUT2D eigenvalue weighted by atomic mass is 10.1. The normalized spacial score (nSPS) is 13.9. The molecule has 8 nitrogen and oxygen atoms in total. The van der Waals surface area contributed by atoms with Gasteiger partial charge < -0.3 is 14.4 Å². The first-order valence-electron chi connectivity index (χ1n) is 10.9. The Morgan fingerprint density at radius 1 is 1.18 bits per heavy atom. The predicted molar refractivity (Wildman–Crippen MR) is 125 cm³/mol. The smallest absolute Gasteiger partial charge is 0.340 e. The van der Waals surface area contributed by atoms with Crippen molar-refractivity contribution in [3.63, 3.8) is 0 Å². The fraction of sp³-hybridized carbons (Fsp3) is 0.417. The van der Waals surface area contributed by atoms with Crippen molar-refractivity contribution < 1.29 is 19.1 Å². The molecular formula is C24H28N4O4S. The highest BCUT2D eigenvalue weighted by atomic mass is 32.2. The molecule has 1 aromatic carbocycles. The van der Waals surface area contributed by atoms with Gasteiger partial charge in [-0.25, -0.2) is 9.78 Å². The van der Waals surface area contributed by atoms with Crippen LogP contribution in [0.3, 0.4) is 0 Å². The second-order valence-corrected chi connectivity index (χ2v) is 8.44. The number of amides is 1. The average Bonchev–Trinajstić information content (AvgIpc) is 2.83. The van der Waals surface area contributed by atoms with Gasteiger partial charge in [0.05, 0.1) is 29.2 Å². The number of carbonyl (C=O) groups is 2. The number of hydrogen-bond acceptors (Lipinski definition) is 8. The highest BCUT2D eigenvalue weighted by molar-refractivity contribution is 8.00. The van der Waals surface area contributed by atoms with E-state index in [4.69, 9.17) is 9.47 Å². The van der Waals surface area contributed by atoms with E-state index < -0.39 is 5.97 Å². The molecule has 1 aromatic heterocycles. The number of benzene rings is 1. The Hall–Kier alpha value is -3.09. The van der Waals surface area contributed by atoms with Crippen LogP contribution in [0.5, 0.6) is 5.75 Å². The van der Waals surface area contributed by atoms with E-state index in [1.165, 1.54) is 17.8 Å². The Morgan fingerprint density at radius 2 is 1.91 bits per heavy atom. The maximum atomic E-state index is 12.7. The van der Waals surface area contributed by atoms with Crippen LogP contribution >= 0.6 is 11.8 Å². The van der Waals surface area contributed by atoms with Crippen molar-refractivity contribution in [3.8, 4) is 11.8 Å². The maximum Gasteiger partial charge on any atom is 0.340 e. The Labute approximate surface area is 198 Å². The fourth-order valence-electron chi connectivity index (χ4n) is 3.44. The number of aromatic nitrogens is 1. The van der Waals surface area contributed by atoms with Crippen LogP contribution in [0.4, 0.5) is 0 Å². The molecule has 0 aliphatic carbocycles. The summed E-state index contributed by atoms with van der Waals surface area (Å²) < 4.78 is 10.8. The lowest BCUT2D eigenvalue weighted by Crippen LogP contribution is -2.50. The summed E-state index contributed by atoms with van der Waals surface area (Å²) in [6.07, 6.45) is 0. The number of aryl methyl sites for hydroxylation is 1. The molecule has 174 valence electrons. The molecule has 1 saturated heterocycles. The van der Waals surface area contributed by atoms with Crippen LogP contribution in [0.15, 0.2) is 41.4 Å². The number of rotatable bonds is 9. The second kappa shape index (κ2) is 12.2. The van der Waals surface area contributed by atoms with E-state index in [2.05, 4.69) is 16.0 Å². The predicted octanol–water partition coefficient (Wildman–Crippen LogP) is 2.75. The van der Waals surface area contributed by atoms with Gasteiger partial charge in [-0.15, -0.1) is 0 Å². The summed E-state index contributed by atoms with van der Waals surface area (Å²) >= 11 is 1.22. The zero-order chi connectivity index (χ0) is 23.6. The second-order valence-electron chi connectivity index (χ2n) is 7.48. The van der Waals surface area contributed by atoms with Crippen LogP contribution in [-0.4, -0.2) is 78.4 Å². The summed E-state index contributed by atoms with van der Waals surface area (Å²) in [5.74, 6) is 0.563. The van der Waals surface area contributed by atoms with Gasteiger partial charge in [0.2, 0.25) is 5.91 Å². The Morgan fingerprint density at radius 3 is 2.58 bits per heavy atom. The highest BCUT2D eigenvalue weighted by Crippen LogP contribution is 2.24. The topological polar surface area (TPSA) is 95.8 Å². The molecule has 2 heterocycles. The lowest BCUT2D eigenvalue weighted by molar-refractivity contribution is -0.130. The number of para-hydroxylation sites is 1. The van der Waals surface area contributed by atoms with Crippen molar-refractivity contribution in [2.45, 2.75) is 18.9 Å². The SMILES string of the molecule is CCOC(=O)c1cc(C#N)c(SCC(=O)N2CCN(CCOc3ccccc3)CC2)nc1C. The van der Waals surface area contributed by atoms with Crippen molar-refractivity contribution >= 4 is 23.6 Å². The Bertz CT molecular complexity index is 1000. The van der Waals surface area contributed by atoms with Crippen LogP contribution in [-0.2, 0) is 9.53 Å². The minimum atomic E-state index is -0.501. The van der Waals surface area contributed by atoms with E-state index >= 15 is 0 Å². The molecule has 33 heavy (non-hydrogen) atoms. The number of nitrogens with zero attached hydrogens (tertiary/aromatic N) is 4. The van der Waals surface area contributed by atoms with Gasteiger partial charge in [-0.05, 0) is 32.0 Å². The fourth-order valence-corrected chi connectivity index (χ4v) is 4.34. The van der Waals surface area contributed by atoms with E-state index in [0.29, 0.717) is 30.4 Å². The number of thioether (sulfide) groups is 1. The largest absolute Gasteiger partial charge is 0.492 e. The van der Waals surface area contributed by atoms with Gasteiger partial charge in [-0.2, -0.15) is 5.26 Å². The van der Waals surface area contributed by atoms with Gasteiger partial charge in [0.15, 0.2) is 0 Å². The summed E-state index contributed by atoms with van der Waals surface area (Å²) in [6, 6.07) is 13.3. The van der Waals surface area contributed by atoms with Gasteiger partial charge in [0, 0.05) is 32.7 Å². The third kappa shape index (κ3) is 6.94. The van der Waals surface area contributed by atoms with E-state index in [0.717, 1.165) is 25.4 Å². The first-order chi connectivity index (χ1) is 16.0. The van der Waals surface area contributed by atoms with Crippen molar-refractivity contribution in [3.05, 3.63) is 53.2 Å². The van der Waals surface area contributed by atoms with Gasteiger partial charge in [-0.3, -0.25) is 9.69 Å². The molecule has 0 radical (unpaired) electrons. The van der Waals surface area contributed by atoms with Gasteiger partial charge >= 0.3 is 5.97 Å². The molecule has 0 saturated carbocycles. The molecule has 0 N–H and O–H groups in total. The minimum absolute atomic E-state index is 0.0120. The van der Waals surface area contributed by atoms with Crippen LogP contribution in [0, 0.1) is 18.3 Å². The maximum absolute atomic E-state index is 12.7. The molecule has 1 amide bonds. The van der Waals surface area contributed by atoms with E-state index in [1.807, 2.05) is 35.2 Å². The number of piperazine rings is 1. The minimum Gasteiger partial charge on any atom is -0.492 e. The third-order valence-corrected chi connectivity index (χ3v) is 6.25. The van der Waals surface area contributed by atoms with E-state index in [-0.39, 0.29) is 29.4 Å². The summed E-state index contributed by atoms with van der Waals surface area (Å²) in [5, 5.41) is 9.92. The summed E-state index contributed by atoms with van der Waals surface area (Å²) in [6.45, 7) is 7.99. The first-order valence-corrected chi connectivity index (χ1v) is 11.9. The number of hydrogen-bond donors (Lipinski definition) is 0. The van der Waals surface area contributed by atoms with Crippen molar-refractivity contribution in [1.82, 2.24) is 14.8 Å². The Kier molecular flexibility index (Phi) is 9.10. The molecule has 3 rings (SSSR count). The summed E-state index contributed by atoms with van der Waals surface area (Å²) in [7, 11) is 0. The zero-order valence-electron chi connectivity index (χ0n) is 19.0. The molecule has 1 aliphatic rings. The van der Waals surface area contributed by atoms with Crippen LogP contribution in [0.2, 0.25) is 0 Å². The molecule has 1 aliphatic heterocycles. The number of pyridine rings is 1. The number of ether oxygens (including phenoxy) is 2. The van der Waals surface area contributed by atoms with Crippen molar-refractivity contribution in [2.75, 3.05) is 51.7 Å². The van der Waals surface area contributed by atoms with Crippen LogP contribution < -0.4 is 4.74 Å². The highest BCUT2D eigenvalue weighted by Gasteiger charge is 2.22. The Balaban J connectivity index is 1.46. The summed E-state index contributed by atoms with van der Waals surface area (Å²) in [4.78, 5) is 33.2. The standard InChI is InChI=1S/C24H28N4O4S/c1-3-31-24(30)21-15-19(16-25)23(26-18(21)2)33-17-22(29)28-11-9-27(10-12-28)13-14-32-20-7-5-4-6-8-20/h4-8,15H,3,9-14,17H2,1-2H3. The molecule has 9 heteroatoms. The molecule has 0 unspecified atom stereocenters. The van der Waals surface area contributed by atoms with Crippen LogP contribution in [0.1, 0.15) is 28.5 Å². The van der Waals surface area contributed by atoms with Gasteiger partial charge in [-0.1, -0.05) is 30.0 Å². The molecule has 2 aromatic rings. The number of esters is 1. The van der Waals surface area contributed by atoms with Gasteiger partial charge in [0.1, 0.15) is 23.5 Å². The molecule has 1 fully saturated rings. The van der Waals surface area contributed by atoms with E-state index in [9.17, 15) is 14.9 Å². The third-order valence-electron chi connectivity index (χ3n) is 5.27. The molecule has 0 atom stereocenters. The number of carbonyl (C=O) groups excluding carboxylic acids is 2. The van der Waals surface area contributed by atoms with Crippen molar-refractivity contribution in [2.24, 2.45) is 0 Å². The first kappa shape index (κ1) is 24.6. The number of nitriles is 1. The average molecular weight is 469 g/mol.